The molecule has 0 aliphatic rings. The van der Waals surface area contributed by atoms with E-state index in [-0.39, 0.29) is 5.56 Å². The van der Waals surface area contributed by atoms with Crippen molar-refractivity contribution in [1.82, 2.24) is 10.2 Å². The maximum atomic E-state index is 10.4. The maximum absolute atomic E-state index is 10.4. The summed E-state index contributed by atoms with van der Waals surface area (Å²) in [6, 6.07) is 1.42. The van der Waals surface area contributed by atoms with Crippen LogP contribution in [0.5, 0.6) is 0 Å². The highest BCUT2D eigenvalue weighted by molar-refractivity contribution is 5.88. The third-order valence-electron chi connectivity index (χ3n) is 1.14. The molecule has 0 radical (unpaired) electrons. The Morgan fingerprint density at radius 2 is 2.40 bits per heavy atom. The number of carboxylic acids is 1. The third kappa shape index (κ3) is 1.10. The molecule has 0 amide bonds. The third-order valence-corrected chi connectivity index (χ3v) is 1.14. The minimum Gasteiger partial charge on any atom is -0.478 e. The summed E-state index contributed by atoms with van der Waals surface area (Å²) in [6.07, 6.45) is 1.36. The molecule has 1 heterocycles. The number of hydrogen-bond donors (Lipinski definition) is 1. The van der Waals surface area contributed by atoms with Crippen LogP contribution in [0.3, 0.4) is 0 Å². The predicted octanol–water partition coefficient (Wildman–Crippen LogP) is 0.483. The van der Waals surface area contributed by atoms with Crippen molar-refractivity contribution in [3.63, 3.8) is 0 Å². The molecule has 0 fully saturated rings. The second-order valence-electron chi connectivity index (χ2n) is 1.84. The topological polar surface area (TPSA) is 63.1 Å². The molecule has 52 valence electrons. The van der Waals surface area contributed by atoms with Gasteiger partial charge < -0.3 is 5.11 Å². The first-order valence-corrected chi connectivity index (χ1v) is 2.73. The van der Waals surface area contributed by atoms with Crippen molar-refractivity contribution < 1.29 is 9.90 Å². The molecule has 0 aromatic carbocycles. The van der Waals surface area contributed by atoms with Crippen molar-refractivity contribution in [2.75, 3.05) is 0 Å². The summed E-state index contributed by atoms with van der Waals surface area (Å²) in [6.45, 7) is 1.61. The van der Waals surface area contributed by atoms with Gasteiger partial charge in [-0.3, -0.25) is 0 Å². The standard InChI is InChI=1S/C6H6N2O2/c1-4-5(6(9)10)2-3-7-8-4/h2-3H,1H3,(H,9,10). The van der Waals surface area contributed by atoms with Crippen LogP contribution in [0.2, 0.25) is 0 Å². The Balaban J connectivity index is 3.15. The number of aryl methyl sites for hydroxylation is 1. The molecule has 0 spiro atoms. The Hall–Kier alpha value is -1.45. The first-order valence-electron chi connectivity index (χ1n) is 2.73. The van der Waals surface area contributed by atoms with Crippen molar-refractivity contribution in [1.29, 1.82) is 0 Å². The number of aromatic carboxylic acids is 1. The Bertz CT molecular complexity index is 260. The Labute approximate surface area is 57.5 Å². The van der Waals surface area contributed by atoms with Crippen molar-refractivity contribution in [3.8, 4) is 0 Å². The fourth-order valence-electron chi connectivity index (χ4n) is 0.628. The lowest BCUT2D eigenvalue weighted by molar-refractivity contribution is 0.0695. The van der Waals surface area contributed by atoms with Gasteiger partial charge in [0.1, 0.15) is 0 Å². The molecule has 0 aliphatic carbocycles. The molecular formula is C6H6N2O2. The average Bonchev–Trinajstić information content (AvgIpc) is 1.88. The second kappa shape index (κ2) is 2.43. The van der Waals surface area contributed by atoms with Gasteiger partial charge in [0, 0.05) is 0 Å². The zero-order valence-corrected chi connectivity index (χ0v) is 5.40. The van der Waals surface area contributed by atoms with Crippen LogP contribution >= 0.6 is 0 Å². The molecule has 0 bridgehead atoms. The molecule has 0 unspecified atom stereocenters. The zero-order chi connectivity index (χ0) is 7.56. The highest BCUT2D eigenvalue weighted by Crippen LogP contribution is 2.00. The molecule has 0 saturated heterocycles. The van der Waals surface area contributed by atoms with E-state index in [2.05, 4.69) is 10.2 Å². The van der Waals surface area contributed by atoms with Crippen LogP contribution in [0.25, 0.3) is 0 Å². The van der Waals surface area contributed by atoms with Gasteiger partial charge >= 0.3 is 5.97 Å². The monoisotopic (exact) mass is 138 g/mol. The number of hydrogen-bond acceptors (Lipinski definition) is 3. The van der Waals surface area contributed by atoms with Crippen LogP contribution in [0, 0.1) is 6.92 Å². The van der Waals surface area contributed by atoms with Crippen LogP contribution in [-0.2, 0) is 0 Å². The SMILES string of the molecule is Cc1nnccc1C(=O)O. The van der Waals surface area contributed by atoms with E-state index in [0.717, 1.165) is 0 Å². The summed E-state index contributed by atoms with van der Waals surface area (Å²) >= 11 is 0. The van der Waals surface area contributed by atoms with Gasteiger partial charge in [0.15, 0.2) is 0 Å². The average molecular weight is 138 g/mol. The van der Waals surface area contributed by atoms with Gasteiger partial charge in [-0.2, -0.15) is 10.2 Å². The zero-order valence-electron chi connectivity index (χ0n) is 5.40. The van der Waals surface area contributed by atoms with Gasteiger partial charge in [-0.25, -0.2) is 4.79 Å². The Morgan fingerprint density at radius 1 is 1.70 bits per heavy atom. The van der Waals surface area contributed by atoms with Gasteiger partial charge in [-0.1, -0.05) is 0 Å². The van der Waals surface area contributed by atoms with E-state index in [1.165, 1.54) is 12.3 Å². The van der Waals surface area contributed by atoms with Crippen LogP contribution in [-0.4, -0.2) is 21.3 Å². The highest BCUT2D eigenvalue weighted by Gasteiger charge is 2.05. The van der Waals surface area contributed by atoms with E-state index in [1.807, 2.05) is 0 Å². The number of carbonyl (C=O) groups is 1. The van der Waals surface area contributed by atoms with E-state index in [4.69, 9.17) is 5.11 Å². The quantitative estimate of drug-likeness (QED) is 0.613. The van der Waals surface area contributed by atoms with E-state index in [0.29, 0.717) is 5.69 Å². The van der Waals surface area contributed by atoms with Crippen molar-refractivity contribution in [3.05, 3.63) is 23.5 Å². The summed E-state index contributed by atoms with van der Waals surface area (Å²) in [4.78, 5) is 10.4. The molecule has 4 heteroatoms. The second-order valence-corrected chi connectivity index (χ2v) is 1.84. The molecule has 0 atom stereocenters. The van der Waals surface area contributed by atoms with Gasteiger partial charge in [-0.15, -0.1) is 0 Å². The summed E-state index contributed by atoms with van der Waals surface area (Å²) in [7, 11) is 0. The Morgan fingerprint density at radius 3 is 2.80 bits per heavy atom. The van der Waals surface area contributed by atoms with Gasteiger partial charge in [0.25, 0.3) is 0 Å². The molecule has 4 nitrogen and oxygen atoms in total. The van der Waals surface area contributed by atoms with Crippen LogP contribution in [0.1, 0.15) is 16.1 Å². The molecule has 1 aromatic rings. The van der Waals surface area contributed by atoms with Gasteiger partial charge in [0.05, 0.1) is 17.5 Å². The van der Waals surface area contributed by atoms with Crippen LogP contribution in [0.4, 0.5) is 0 Å². The first-order chi connectivity index (χ1) is 4.72. The lowest BCUT2D eigenvalue weighted by Gasteiger charge is -1.94. The van der Waals surface area contributed by atoms with Gasteiger partial charge in [-0.05, 0) is 13.0 Å². The first kappa shape index (κ1) is 6.67. The number of rotatable bonds is 1. The predicted molar refractivity (Wildman–Crippen MR) is 33.7 cm³/mol. The van der Waals surface area contributed by atoms with E-state index in [9.17, 15) is 4.79 Å². The van der Waals surface area contributed by atoms with Gasteiger partial charge in [0.2, 0.25) is 0 Å². The van der Waals surface area contributed by atoms with E-state index < -0.39 is 5.97 Å². The molecule has 1 N–H and O–H groups in total. The molecule has 10 heavy (non-hydrogen) atoms. The van der Waals surface area contributed by atoms with Crippen LogP contribution in [0.15, 0.2) is 12.3 Å². The molecule has 0 saturated carbocycles. The summed E-state index contributed by atoms with van der Waals surface area (Å²) in [5, 5.41) is 15.6. The molecular weight excluding hydrogens is 132 g/mol. The number of carboxylic acid groups (broad SMARTS) is 1. The molecule has 0 aliphatic heterocycles. The summed E-state index contributed by atoms with van der Waals surface area (Å²) < 4.78 is 0. The normalized spacial score (nSPS) is 9.30. The Kier molecular flexibility index (Phi) is 1.62. The number of aromatic nitrogens is 2. The van der Waals surface area contributed by atoms with Crippen LogP contribution < -0.4 is 0 Å². The minimum atomic E-state index is -0.965. The summed E-state index contributed by atoms with van der Waals surface area (Å²) in [5.41, 5.74) is 0.644. The van der Waals surface area contributed by atoms with Crippen molar-refractivity contribution in [2.45, 2.75) is 6.92 Å². The fraction of sp³-hybridized carbons (Fsp3) is 0.167. The van der Waals surface area contributed by atoms with Crippen molar-refractivity contribution >= 4 is 5.97 Å². The smallest absolute Gasteiger partial charge is 0.337 e. The van der Waals surface area contributed by atoms with Crippen molar-refractivity contribution in [2.24, 2.45) is 0 Å². The van der Waals surface area contributed by atoms with E-state index >= 15 is 0 Å². The minimum absolute atomic E-state index is 0.204. The number of nitrogens with zero attached hydrogens (tertiary/aromatic N) is 2. The lowest BCUT2D eigenvalue weighted by Crippen LogP contribution is -2.01. The molecule has 1 rings (SSSR count). The summed E-state index contributed by atoms with van der Waals surface area (Å²) in [5.74, 6) is -0.965. The molecule has 1 aromatic heterocycles. The largest absolute Gasteiger partial charge is 0.478 e. The maximum Gasteiger partial charge on any atom is 0.337 e. The fourth-order valence-corrected chi connectivity index (χ4v) is 0.628. The van der Waals surface area contributed by atoms with E-state index in [1.54, 1.807) is 6.92 Å². The highest BCUT2D eigenvalue weighted by atomic mass is 16.4. The lowest BCUT2D eigenvalue weighted by atomic mass is 10.2.